The van der Waals surface area contributed by atoms with E-state index in [0.29, 0.717) is 6.61 Å². The highest BCUT2D eigenvalue weighted by Crippen LogP contribution is 2.56. The van der Waals surface area contributed by atoms with Gasteiger partial charge < -0.3 is 14.4 Å². The van der Waals surface area contributed by atoms with Gasteiger partial charge in [-0.3, -0.25) is 9.69 Å². The quantitative estimate of drug-likeness (QED) is 0.522. The van der Waals surface area contributed by atoms with Gasteiger partial charge in [-0.15, -0.1) is 0 Å². The van der Waals surface area contributed by atoms with Crippen LogP contribution in [0.3, 0.4) is 0 Å². The molecule has 1 rings (SSSR count). The molecule has 1 N–H and O–H groups in total. The number of hydrogen-bond acceptors (Lipinski definition) is 6. The molecule has 6 nitrogen and oxygen atoms in total. The van der Waals surface area contributed by atoms with E-state index in [1.807, 2.05) is 37.3 Å². The fourth-order valence-corrected chi connectivity index (χ4v) is 5.00. The average molecular weight is 377 g/mol. The van der Waals surface area contributed by atoms with Crippen molar-refractivity contribution in [1.82, 2.24) is 4.90 Å². The van der Waals surface area contributed by atoms with Crippen LogP contribution in [0.5, 0.6) is 0 Å². The Morgan fingerprint density at radius 1 is 1.35 bits per heavy atom. The summed E-state index contributed by atoms with van der Waals surface area (Å²) in [5, 5.41) is 8.94. The van der Waals surface area contributed by atoms with Gasteiger partial charge in [0.2, 0.25) is 0 Å². The first-order valence-corrected chi connectivity index (χ1v) is 11.6. The first-order valence-electron chi connectivity index (χ1n) is 6.88. The summed E-state index contributed by atoms with van der Waals surface area (Å²) in [4.78, 5) is 24.1. The predicted octanol–water partition coefficient (Wildman–Crippen LogP) is 3.38. The van der Waals surface area contributed by atoms with Gasteiger partial charge >= 0.3 is 12.1 Å². The number of ether oxygens (including phenoxy) is 1. The summed E-state index contributed by atoms with van der Waals surface area (Å²) in [6.45, 7) is 3.77. The Labute approximate surface area is 145 Å². The van der Waals surface area contributed by atoms with E-state index in [-0.39, 0.29) is 12.5 Å². The lowest BCUT2D eigenvalue weighted by Crippen LogP contribution is -2.35. The van der Waals surface area contributed by atoms with E-state index in [1.165, 1.54) is 11.4 Å². The summed E-state index contributed by atoms with van der Waals surface area (Å²) in [5.74, 6) is -0.990. The van der Waals surface area contributed by atoms with Crippen LogP contribution in [0.15, 0.2) is 30.3 Å². The molecule has 0 bridgehead atoms. The molecule has 1 unspecified atom stereocenters. The van der Waals surface area contributed by atoms with Gasteiger partial charge in [0.1, 0.15) is 18.6 Å². The molecule has 0 aliphatic carbocycles. The van der Waals surface area contributed by atoms with Crippen molar-refractivity contribution in [1.29, 1.82) is 0 Å². The number of hydrogen-bond donors (Lipinski definition) is 1. The van der Waals surface area contributed by atoms with E-state index >= 15 is 0 Å². The predicted molar refractivity (Wildman–Crippen MR) is 95.3 cm³/mol. The van der Waals surface area contributed by atoms with E-state index in [2.05, 4.69) is 0 Å². The molecule has 128 valence electrons. The molecule has 1 amide bonds. The summed E-state index contributed by atoms with van der Waals surface area (Å²) in [7, 11) is 0. The molecule has 0 heterocycles. The van der Waals surface area contributed by atoms with Crippen LogP contribution in [0.1, 0.15) is 12.5 Å². The number of carbonyl (C=O) groups excluding carboxylic acids is 1. The van der Waals surface area contributed by atoms with Gasteiger partial charge in [0.05, 0.1) is 5.88 Å². The van der Waals surface area contributed by atoms with E-state index in [9.17, 15) is 9.59 Å². The van der Waals surface area contributed by atoms with Crippen LogP contribution in [0.25, 0.3) is 0 Å². The van der Waals surface area contributed by atoms with Gasteiger partial charge in [-0.25, -0.2) is 4.79 Å². The lowest BCUT2D eigenvalue weighted by molar-refractivity contribution is -0.137. The second kappa shape index (κ2) is 9.93. The summed E-state index contributed by atoms with van der Waals surface area (Å²) >= 11 is 6.60. The van der Waals surface area contributed by atoms with E-state index in [1.54, 1.807) is 6.66 Å². The molecule has 9 heteroatoms. The average Bonchev–Trinajstić information content (AvgIpc) is 2.49. The SMILES string of the molecule is CCOP(C)(=S)SCN(CC(=O)O)C(=O)OCc1ccccc1. The maximum atomic E-state index is 12.1. The van der Waals surface area contributed by atoms with Crippen LogP contribution in [-0.4, -0.2) is 47.8 Å². The van der Waals surface area contributed by atoms with Crippen molar-refractivity contribution in [2.75, 3.05) is 25.7 Å². The molecular formula is C14H20NO5PS2. The fraction of sp³-hybridized carbons (Fsp3) is 0.429. The number of carboxylic acids is 1. The van der Waals surface area contributed by atoms with Crippen LogP contribution in [-0.2, 0) is 32.5 Å². The molecule has 0 saturated carbocycles. The summed E-state index contributed by atoms with van der Waals surface area (Å²) in [5.41, 5.74) is -1.27. The van der Waals surface area contributed by atoms with E-state index in [0.717, 1.165) is 10.5 Å². The zero-order valence-electron chi connectivity index (χ0n) is 13.0. The molecular weight excluding hydrogens is 357 g/mol. The van der Waals surface area contributed by atoms with E-state index < -0.39 is 24.1 Å². The first-order chi connectivity index (χ1) is 10.8. The molecule has 0 aliphatic heterocycles. The van der Waals surface area contributed by atoms with Crippen molar-refractivity contribution in [2.24, 2.45) is 0 Å². The number of amides is 1. The van der Waals surface area contributed by atoms with Crippen molar-refractivity contribution in [3.8, 4) is 0 Å². The second-order valence-electron chi connectivity index (χ2n) is 4.58. The highest BCUT2D eigenvalue weighted by Gasteiger charge is 2.21. The largest absolute Gasteiger partial charge is 0.480 e. The Morgan fingerprint density at radius 3 is 2.57 bits per heavy atom. The zero-order chi connectivity index (χ0) is 17.3. The van der Waals surface area contributed by atoms with Gasteiger partial charge in [0.25, 0.3) is 0 Å². The minimum Gasteiger partial charge on any atom is -0.480 e. The number of rotatable bonds is 9. The Kier molecular flexibility index (Phi) is 8.62. The van der Waals surface area contributed by atoms with Gasteiger partial charge in [-0.1, -0.05) is 53.5 Å². The lowest BCUT2D eigenvalue weighted by atomic mass is 10.2. The van der Waals surface area contributed by atoms with Gasteiger partial charge in [0, 0.05) is 6.61 Å². The van der Waals surface area contributed by atoms with Crippen molar-refractivity contribution >= 4 is 40.7 Å². The van der Waals surface area contributed by atoms with Crippen molar-refractivity contribution in [3.63, 3.8) is 0 Å². The molecule has 0 saturated heterocycles. The third-order valence-corrected chi connectivity index (χ3v) is 7.56. The Hall–Kier alpha value is -1.08. The van der Waals surface area contributed by atoms with E-state index in [4.69, 9.17) is 26.2 Å². The highest BCUT2D eigenvalue weighted by molar-refractivity contribution is 8.69. The standard InChI is InChI=1S/C14H20NO5PS2/c1-3-20-21(2,22)23-11-15(9-13(16)17)14(18)19-10-12-7-5-4-6-8-12/h4-8H,3,9-11H2,1-2H3,(H,16,17). The number of aliphatic carboxylic acids is 1. The van der Waals surface area contributed by atoms with Gasteiger partial charge in [-0.2, -0.15) is 0 Å². The maximum Gasteiger partial charge on any atom is 0.411 e. The lowest BCUT2D eigenvalue weighted by Gasteiger charge is -2.23. The molecule has 0 aromatic heterocycles. The Balaban J connectivity index is 2.60. The third kappa shape index (κ3) is 8.37. The monoisotopic (exact) mass is 377 g/mol. The number of carboxylic acid groups (broad SMARTS) is 1. The van der Waals surface area contributed by atoms with Crippen LogP contribution in [0, 0.1) is 0 Å². The molecule has 1 aromatic rings. The molecule has 0 radical (unpaired) electrons. The molecule has 23 heavy (non-hydrogen) atoms. The van der Waals surface area contributed by atoms with Crippen LogP contribution in [0.4, 0.5) is 4.79 Å². The Bertz CT molecular complexity index is 570. The maximum absolute atomic E-state index is 12.1. The molecule has 1 atom stereocenters. The van der Waals surface area contributed by atoms with Crippen molar-refractivity contribution in [3.05, 3.63) is 35.9 Å². The number of benzene rings is 1. The molecule has 0 spiro atoms. The number of nitrogens with zero attached hydrogens (tertiary/aromatic N) is 1. The van der Waals surface area contributed by atoms with Crippen LogP contribution in [0.2, 0.25) is 0 Å². The topological polar surface area (TPSA) is 76.1 Å². The Morgan fingerprint density at radius 2 is 2.00 bits per heavy atom. The summed E-state index contributed by atoms with van der Waals surface area (Å²) in [6, 6.07) is 9.18. The molecule has 0 fully saturated rings. The summed E-state index contributed by atoms with van der Waals surface area (Å²) < 4.78 is 10.6. The highest BCUT2D eigenvalue weighted by atomic mass is 32.9. The fourth-order valence-electron chi connectivity index (χ4n) is 1.58. The summed E-state index contributed by atoms with van der Waals surface area (Å²) in [6.07, 6.45) is -0.685. The van der Waals surface area contributed by atoms with Crippen LogP contribution < -0.4 is 0 Å². The molecule has 0 aliphatic rings. The first kappa shape index (κ1) is 20.0. The normalized spacial score (nSPS) is 13.1. The molecule has 1 aromatic carbocycles. The van der Waals surface area contributed by atoms with Crippen molar-refractivity contribution < 1.29 is 24.0 Å². The number of carbonyl (C=O) groups is 2. The minimum atomic E-state index is -2.10. The van der Waals surface area contributed by atoms with Crippen molar-refractivity contribution in [2.45, 2.75) is 13.5 Å². The second-order valence-corrected chi connectivity index (χ2v) is 12.5. The van der Waals surface area contributed by atoms with Gasteiger partial charge in [-0.05, 0) is 19.2 Å². The smallest absolute Gasteiger partial charge is 0.411 e. The van der Waals surface area contributed by atoms with Gasteiger partial charge in [0.15, 0.2) is 0 Å². The zero-order valence-corrected chi connectivity index (χ0v) is 15.5. The third-order valence-electron chi connectivity index (χ3n) is 2.60. The minimum absolute atomic E-state index is 0.0895. The van der Waals surface area contributed by atoms with Crippen LogP contribution >= 0.6 is 16.8 Å².